The number of nitrogens with zero attached hydrogens (tertiary/aromatic N) is 5. The lowest BCUT2D eigenvalue weighted by atomic mass is 10.1. The number of benzene rings is 1. The van der Waals surface area contributed by atoms with Crippen LogP contribution in [0.3, 0.4) is 0 Å². The Labute approximate surface area is 155 Å². The Morgan fingerprint density at radius 1 is 1.22 bits per heavy atom. The predicted molar refractivity (Wildman–Crippen MR) is 98.8 cm³/mol. The van der Waals surface area contributed by atoms with Gasteiger partial charge in [0.25, 0.3) is 0 Å². The molecule has 1 atom stereocenters. The number of piperidine rings is 1. The Morgan fingerprint density at radius 3 is 2.81 bits per heavy atom. The van der Waals surface area contributed by atoms with Crippen LogP contribution in [0.1, 0.15) is 12.8 Å². The maximum absolute atomic E-state index is 13.1. The summed E-state index contributed by atoms with van der Waals surface area (Å²) in [6.07, 6.45) is 6.53. The Morgan fingerprint density at radius 2 is 2.04 bits per heavy atom. The highest BCUT2D eigenvalue weighted by molar-refractivity contribution is 5.77. The van der Waals surface area contributed by atoms with Gasteiger partial charge in [0.1, 0.15) is 5.82 Å². The zero-order valence-electron chi connectivity index (χ0n) is 14.8. The number of halogens is 1. The molecule has 138 valence electrons. The van der Waals surface area contributed by atoms with Gasteiger partial charge in [-0.1, -0.05) is 0 Å². The van der Waals surface area contributed by atoms with Gasteiger partial charge in [0.15, 0.2) is 0 Å². The van der Waals surface area contributed by atoms with Gasteiger partial charge in [-0.2, -0.15) is 5.10 Å². The van der Waals surface area contributed by atoms with Crippen LogP contribution in [0.4, 0.5) is 10.3 Å². The van der Waals surface area contributed by atoms with Crippen LogP contribution >= 0.6 is 0 Å². The molecule has 1 aromatic carbocycles. The van der Waals surface area contributed by atoms with Gasteiger partial charge in [0, 0.05) is 44.0 Å². The van der Waals surface area contributed by atoms with Crippen molar-refractivity contribution in [1.29, 1.82) is 0 Å². The summed E-state index contributed by atoms with van der Waals surface area (Å²) >= 11 is 0. The largest absolute Gasteiger partial charge is 0.350 e. The van der Waals surface area contributed by atoms with E-state index in [-0.39, 0.29) is 17.8 Å². The van der Waals surface area contributed by atoms with E-state index in [4.69, 9.17) is 0 Å². The molecule has 1 unspecified atom stereocenters. The number of anilines is 1. The van der Waals surface area contributed by atoms with Crippen molar-refractivity contribution in [2.24, 2.45) is 0 Å². The average molecular weight is 366 g/mol. The molecule has 0 radical (unpaired) electrons. The van der Waals surface area contributed by atoms with Crippen molar-refractivity contribution < 1.29 is 9.18 Å². The lowest BCUT2D eigenvalue weighted by Crippen LogP contribution is -2.43. The molecular formula is C19H19FN6O. The van der Waals surface area contributed by atoms with Crippen molar-refractivity contribution in [2.75, 3.05) is 18.9 Å². The van der Waals surface area contributed by atoms with Crippen molar-refractivity contribution in [2.45, 2.75) is 18.9 Å². The fraction of sp³-hybridized carbons (Fsp3) is 0.263. The highest BCUT2D eigenvalue weighted by Crippen LogP contribution is 2.20. The van der Waals surface area contributed by atoms with Gasteiger partial charge in [-0.25, -0.2) is 19.0 Å². The summed E-state index contributed by atoms with van der Waals surface area (Å²) in [4.78, 5) is 22.2. The number of carbonyl (C=O) groups is 1. The smallest absolute Gasteiger partial charge is 0.223 e. The lowest BCUT2D eigenvalue weighted by Gasteiger charge is -2.30. The van der Waals surface area contributed by atoms with Crippen molar-refractivity contribution in [1.82, 2.24) is 24.6 Å². The molecule has 0 aliphatic carbocycles. The molecule has 0 bridgehead atoms. The topological polar surface area (TPSA) is 75.9 Å². The van der Waals surface area contributed by atoms with Crippen LogP contribution in [0.15, 0.2) is 48.9 Å². The minimum absolute atomic E-state index is 0.130. The standard InChI is InChI=1S/C19H19FN6O/c1-25-12-15(4-7-18(25)27)23-19-21-9-8-17(24-19)13-10-22-26(11-13)16-5-2-14(20)3-6-16/h2-3,5-6,8-11,15H,4,7,12H2,1H3,(H,21,23,24). The maximum Gasteiger partial charge on any atom is 0.223 e. The molecule has 3 heterocycles. The summed E-state index contributed by atoms with van der Waals surface area (Å²) in [5.41, 5.74) is 2.34. The minimum atomic E-state index is -0.285. The Hall–Kier alpha value is -3.29. The normalized spacial score (nSPS) is 17.2. The van der Waals surface area contributed by atoms with Crippen LogP contribution in [0.5, 0.6) is 0 Å². The summed E-state index contributed by atoms with van der Waals surface area (Å²) < 4.78 is 14.8. The molecule has 0 spiro atoms. The van der Waals surface area contributed by atoms with Gasteiger partial charge in [0.2, 0.25) is 11.9 Å². The fourth-order valence-electron chi connectivity index (χ4n) is 3.09. The van der Waals surface area contributed by atoms with E-state index in [9.17, 15) is 9.18 Å². The van der Waals surface area contributed by atoms with E-state index in [1.165, 1.54) is 12.1 Å². The SMILES string of the molecule is CN1CC(Nc2nccc(-c3cnn(-c4ccc(F)cc4)c3)n2)CCC1=O. The summed E-state index contributed by atoms with van der Waals surface area (Å²) in [5.74, 6) is 0.401. The number of likely N-dealkylation sites (tertiary alicyclic amines) is 1. The third-order valence-electron chi connectivity index (χ3n) is 4.58. The van der Waals surface area contributed by atoms with Crippen LogP contribution < -0.4 is 5.32 Å². The monoisotopic (exact) mass is 366 g/mol. The van der Waals surface area contributed by atoms with Crippen LogP contribution in [0.2, 0.25) is 0 Å². The first-order valence-electron chi connectivity index (χ1n) is 8.73. The van der Waals surface area contributed by atoms with E-state index in [0.717, 1.165) is 23.4 Å². The highest BCUT2D eigenvalue weighted by Gasteiger charge is 2.23. The average Bonchev–Trinajstić information content (AvgIpc) is 3.16. The number of likely N-dealkylation sites (N-methyl/N-ethyl adjacent to an activating group) is 1. The fourth-order valence-corrected chi connectivity index (χ4v) is 3.09. The highest BCUT2D eigenvalue weighted by atomic mass is 19.1. The van der Waals surface area contributed by atoms with E-state index < -0.39 is 0 Å². The van der Waals surface area contributed by atoms with E-state index in [2.05, 4.69) is 20.4 Å². The molecule has 1 N–H and O–H groups in total. The van der Waals surface area contributed by atoms with E-state index >= 15 is 0 Å². The van der Waals surface area contributed by atoms with E-state index in [1.807, 2.05) is 12.3 Å². The second kappa shape index (κ2) is 7.14. The van der Waals surface area contributed by atoms with Gasteiger partial charge in [-0.3, -0.25) is 4.79 Å². The van der Waals surface area contributed by atoms with Gasteiger partial charge in [-0.15, -0.1) is 0 Å². The Kier molecular flexibility index (Phi) is 4.53. The molecule has 0 saturated carbocycles. The molecule has 4 rings (SSSR count). The summed E-state index contributed by atoms with van der Waals surface area (Å²) in [5, 5.41) is 7.63. The van der Waals surface area contributed by atoms with Gasteiger partial charge >= 0.3 is 0 Å². The first-order chi connectivity index (χ1) is 13.1. The summed E-state index contributed by atoms with van der Waals surface area (Å²) in [6.45, 7) is 0.634. The minimum Gasteiger partial charge on any atom is -0.350 e. The molecule has 1 aliphatic rings. The quantitative estimate of drug-likeness (QED) is 0.768. The molecule has 2 aromatic heterocycles. The van der Waals surface area contributed by atoms with Crippen LogP contribution in [-0.4, -0.2) is 50.2 Å². The molecule has 3 aromatic rings. The predicted octanol–water partition coefficient (Wildman–Crippen LogP) is 2.50. The number of hydrogen-bond donors (Lipinski definition) is 1. The van der Waals surface area contributed by atoms with Gasteiger partial charge in [0.05, 0.1) is 17.6 Å². The zero-order valence-corrected chi connectivity index (χ0v) is 14.8. The van der Waals surface area contributed by atoms with Crippen molar-refractivity contribution in [3.63, 3.8) is 0 Å². The Bertz CT molecular complexity index is 955. The van der Waals surface area contributed by atoms with Crippen LogP contribution in [-0.2, 0) is 4.79 Å². The number of aromatic nitrogens is 4. The number of hydrogen-bond acceptors (Lipinski definition) is 5. The molecule has 8 heteroatoms. The van der Waals surface area contributed by atoms with Crippen LogP contribution in [0.25, 0.3) is 16.9 Å². The molecule has 27 heavy (non-hydrogen) atoms. The number of amides is 1. The van der Waals surface area contributed by atoms with Gasteiger partial charge < -0.3 is 10.2 Å². The third-order valence-corrected chi connectivity index (χ3v) is 4.58. The molecular weight excluding hydrogens is 347 g/mol. The second-order valence-electron chi connectivity index (χ2n) is 6.57. The zero-order chi connectivity index (χ0) is 18.8. The van der Waals surface area contributed by atoms with E-state index in [1.54, 1.807) is 41.2 Å². The Balaban J connectivity index is 1.51. The number of nitrogens with one attached hydrogen (secondary N) is 1. The summed E-state index contributed by atoms with van der Waals surface area (Å²) in [6, 6.07) is 8.07. The molecule has 1 amide bonds. The molecule has 1 aliphatic heterocycles. The lowest BCUT2D eigenvalue weighted by molar-refractivity contribution is -0.132. The molecule has 1 fully saturated rings. The first kappa shape index (κ1) is 17.1. The third kappa shape index (κ3) is 3.79. The summed E-state index contributed by atoms with van der Waals surface area (Å²) in [7, 11) is 1.80. The van der Waals surface area contributed by atoms with Gasteiger partial charge in [-0.05, 0) is 36.8 Å². The van der Waals surface area contributed by atoms with Crippen molar-refractivity contribution in [3.8, 4) is 16.9 Å². The molecule has 7 nitrogen and oxygen atoms in total. The number of carbonyl (C=O) groups excluding carboxylic acids is 1. The van der Waals surface area contributed by atoms with E-state index in [0.29, 0.717) is 18.9 Å². The van der Waals surface area contributed by atoms with Crippen molar-refractivity contribution >= 4 is 11.9 Å². The first-order valence-corrected chi connectivity index (χ1v) is 8.73. The van der Waals surface area contributed by atoms with Crippen molar-refractivity contribution in [3.05, 3.63) is 54.7 Å². The van der Waals surface area contributed by atoms with Crippen LogP contribution in [0, 0.1) is 5.82 Å². The number of rotatable bonds is 4. The second-order valence-corrected chi connectivity index (χ2v) is 6.57. The molecule has 1 saturated heterocycles. The maximum atomic E-state index is 13.1.